The minimum absolute atomic E-state index is 0.800. The maximum absolute atomic E-state index is 3.63. The van der Waals surface area contributed by atoms with Crippen LogP contribution in [0.15, 0.2) is 0 Å². The molecule has 0 radical (unpaired) electrons. The van der Waals surface area contributed by atoms with E-state index < -0.39 is 0 Å². The van der Waals surface area contributed by atoms with Crippen LogP contribution in [0.25, 0.3) is 0 Å². The predicted octanol–water partition coefficient (Wildman–Crippen LogP) is 2.81. The molecule has 0 aromatic heterocycles. The van der Waals surface area contributed by atoms with Crippen LogP contribution in [0.3, 0.4) is 0 Å². The van der Waals surface area contributed by atoms with Crippen molar-refractivity contribution in [3.05, 3.63) is 0 Å². The van der Waals surface area contributed by atoms with E-state index in [4.69, 9.17) is 0 Å². The molecule has 72 valence electrons. The Hall–Kier alpha value is -0.0400. The Morgan fingerprint density at radius 2 is 2.25 bits per heavy atom. The monoisotopic (exact) mass is 169 g/mol. The van der Waals surface area contributed by atoms with Crippen LogP contribution in [0.2, 0.25) is 0 Å². The predicted molar refractivity (Wildman–Crippen MR) is 54.3 cm³/mol. The van der Waals surface area contributed by atoms with Crippen molar-refractivity contribution in [2.45, 2.75) is 52.5 Å². The Bertz CT molecular complexity index is 122. The van der Waals surface area contributed by atoms with Gasteiger partial charge in [-0.2, -0.15) is 0 Å². The van der Waals surface area contributed by atoms with E-state index >= 15 is 0 Å². The SMILES string of the molecule is CCCC(C)C1CC(C)CCN1. The minimum Gasteiger partial charge on any atom is -0.314 e. The molecule has 1 rings (SSSR count). The quantitative estimate of drug-likeness (QED) is 0.685. The number of piperidine rings is 1. The molecular formula is C11H23N. The van der Waals surface area contributed by atoms with Crippen molar-refractivity contribution in [2.75, 3.05) is 6.54 Å². The van der Waals surface area contributed by atoms with E-state index in [0.717, 1.165) is 17.9 Å². The van der Waals surface area contributed by atoms with E-state index in [9.17, 15) is 0 Å². The molecular weight excluding hydrogens is 146 g/mol. The molecule has 12 heavy (non-hydrogen) atoms. The lowest BCUT2D eigenvalue weighted by atomic mass is 9.85. The second-order valence-corrected chi connectivity index (χ2v) is 4.46. The lowest BCUT2D eigenvalue weighted by Gasteiger charge is -2.32. The molecule has 0 aromatic rings. The summed E-state index contributed by atoms with van der Waals surface area (Å²) < 4.78 is 0. The van der Waals surface area contributed by atoms with Crippen LogP contribution in [0.5, 0.6) is 0 Å². The zero-order valence-corrected chi connectivity index (χ0v) is 8.77. The summed E-state index contributed by atoms with van der Waals surface area (Å²) in [6, 6.07) is 0.800. The first kappa shape index (κ1) is 10.0. The van der Waals surface area contributed by atoms with Crippen molar-refractivity contribution in [1.29, 1.82) is 0 Å². The molecule has 0 aromatic carbocycles. The second kappa shape index (κ2) is 4.86. The highest BCUT2D eigenvalue weighted by Crippen LogP contribution is 2.22. The summed E-state index contributed by atoms with van der Waals surface area (Å²) in [5, 5.41) is 3.63. The van der Waals surface area contributed by atoms with Gasteiger partial charge in [0.2, 0.25) is 0 Å². The van der Waals surface area contributed by atoms with Gasteiger partial charge in [-0.25, -0.2) is 0 Å². The Balaban J connectivity index is 2.29. The first-order valence-corrected chi connectivity index (χ1v) is 5.47. The average Bonchev–Trinajstić information content (AvgIpc) is 2.05. The fraction of sp³-hybridized carbons (Fsp3) is 1.00. The third kappa shape index (κ3) is 2.78. The zero-order valence-electron chi connectivity index (χ0n) is 8.77. The zero-order chi connectivity index (χ0) is 8.97. The van der Waals surface area contributed by atoms with Gasteiger partial charge in [0.25, 0.3) is 0 Å². The molecule has 1 aliphatic rings. The van der Waals surface area contributed by atoms with Gasteiger partial charge in [0.1, 0.15) is 0 Å². The first-order valence-electron chi connectivity index (χ1n) is 5.47. The minimum atomic E-state index is 0.800. The Morgan fingerprint density at radius 3 is 2.83 bits per heavy atom. The summed E-state index contributed by atoms with van der Waals surface area (Å²) in [6.45, 7) is 8.29. The second-order valence-electron chi connectivity index (χ2n) is 4.46. The normalized spacial score (nSPS) is 33.2. The molecule has 0 bridgehead atoms. The molecule has 0 amide bonds. The van der Waals surface area contributed by atoms with Crippen molar-refractivity contribution >= 4 is 0 Å². The number of hydrogen-bond acceptors (Lipinski definition) is 1. The maximum atomic E-state index is 3.63. The van der Waals surface area contributed by atoms with Gasteiger partial charge in [-0.05, 0) is 37.6 Å². The number of nitrogens with one attached hydrogen (secondary N) is 1. The van der Waals surface area contributed by atoms with Gasteiger partial charge in [0.15, 0.2) is 0 Å². The molecule has 0 aliphatic carbocycles. The third-order valence-electron chi connectivity index (χ3n) is 3.13. The van der Waals surface area contributed by atoms with Crippen LogP contribution in [-0.2, 0) is 0 Å². The van der Waals surface area contributed by atoms with Crippen LogP contribution in [0, 0.1) is 11.8 Å². The van der Waals surface area contributed by atoms with Crippen molar-refractivity contribution in [1.82, 2.24) is 5.32 Å². The van der Waals surface area contributed by atoms with Gasteiger partial charge >= 0.3 is 0 Å². The van der Waals surface area contributed by atoms with E-state index in [1.807, 2.05) is 0 Å². The largest absolute Gasteiger partial charge is 0.314 e. The summed E-state index contributed by atoms with van der Waals surface area (Å²) in [6.07, 6.45) is 5.47. The molecule has 1 aliphatic heterocycles. The molecule has 1 heteroatoms. The van der Waals surface area contributed by atoms with Gasteiger partial charge in [0.05, 0.1) is 0 Å². The van der Waals surface area contributed by atoms with Crippen LogP contribution in [-0.4, -0.2) is 12.6 Å². The van der Waals surface area contributed by atoms with Crippen LogP contribution in [0.4, 0.5) is 0 Å². The van der Waals surface area contributed by atoms with Crippen molar-refractivity contribution in [3.63, 3.8) is 0 Å². The van der Waals surface area contributed by atoms with Crippen LogP contribution < -0.4 is 5.32 Å². The Morgan fingerprint density at radius 1 is 1.50 bits per heavy atom. The molecule has 1 nitrogen and oxygen atoms in total. The van der Waals surface area contributed by atoms with E-state index in [1.165, 1.54) is 32.2 Å². The molecule has 3 unspecified atom stereocenters. The van der Waals surface area contributed by atoms with E-state index in [1.54, 1.807) is 0 Å². The standard InChI is InChI=1S/C11H23N/c1-4-5-10(3)11-8-9(2)6-7-12-11/h9-12H,4-8H2,1-3H3. The fourth-order valence-corrected chi connectivity index (χ4v) is 2.24. The van der Waals surface area contributed by atoms with Gasteiger partial charge in [-0.3, -0.25) is 0 Å². The van der Waals surface area contributed by atoms with Crippen LogP contribution >= 0.6 is 0 Å². The molecule has 3 atom stereocenters. The highest BCUT2D eigenvalue weighted by Gasteiger charge is 2.22. The van der Waals surface area contributed by atoms with Crippen molar-refractivity contribution < 1.29 is 0 Å². The highest BCUT2D eigenvalue weighted by atomic mass is 14.9. The maximum Gasteiger partial charge on any atom is 0.00952 e. The summed E-state index contributed by atoms with van der Waals surface area (Å²) in [4.78, 5) is 0. The summed E-state index contributed by atoms with van der Waals surface area (Å²) in [5.41, 5.74) is 0. The van der Waals surface area contributed by atoms with Gasteiger partial charge < -0.3 is 5.32 Å². The van der Waals surface area contributed by atoms with E-state index in [-0.39, 0.29) is 0 Å². The average molecular weight is 169 g/mol. The lowest BCUT2D eigenvalue weighted by Crippen LogP contribution is -2.41. The lowest BCUT2D eigenvalue weighted by molar-refractivity contribution is 0.248. The van der Waals surface area contributed by atoms with Crippen LogP contribution in [0.1, 0.15) is 46.5 Å². The van der Waals surface area contributed by atoms with Crippen molar-refractivity contribution in [2.24, 2.45) is 11.8 Å². The Labute approximate surface area is 76.9 Å². The van der Waals surface area contributed by atoms with Gasteiger partial charge in [-0.1, -0.05) is 27.2 Å². The fourth-order valence-electron chi connectivity index (χ4n) is 2.24. The van der Waals surface area contributed by atoms with Gasteiger partial charge in [-0.15, -0.1) is 0 Å². The van der Waals surface area contributed by atoms with E-state index in [2.05, 4.69) is 26.1 Å². The molecule has 1 saturated heterocycles. The number of rotatable bonds is 3. The first-order chi connectivity index (χ1) is 5.74. The topological polar surface area (TPSA) is 12.0 Å². The molecule has 1 fully saturated rings. The molecule has 1 heterocycles. The molecule has 0 saturated carbocycles. The number of hydrogen-bond donors (Lipinski definition) is 1. The molecule has 0 spiro atoms. The van der Waals surface area contributed by atoms with Gasteiger partial charge in [0, 0.05) is 6.04 Å². The smallest absolute Gasteiger partial charge is 0.00952 e. The molecule has 1 N–H and O–H groups in total. The summed E-state index contributed by atoms with van der Waals surface area (Å²) in [5.74, 6) is 1.81. The summed E-state index contributed by atoms with van der Waals surface area (Å²) in [7, 11) is 0. The highest BCUT2D eigenvalue weighted by molar-refractivity contribution is 4.80. The summed E-state index contributed by atoms with van der Waals surface area (Å²) >= 11 is 0. The van der Waals surface area contributed by atoms with Crippen molar-refractivity contribution in [3.8, 4) is 0 Å². The van der Waals surface area contributed by atoms with E-state index in [0.29, 0.717) is 0 Å². The Kier molecular flexibility index (Phi) is 4.07. The third-order valence-corrected chi connectivity index (χ3v) is 3.13.